The molecular formula is C15H19FO3. The molecule has 2 unspecified atom stereocenters. The van der Waals surface area contributed by atoms with Gasteiger partial charge >= 0.3 is 5.97 Å². The molecule has 0 heterocycles. The summed E-state index contributed by atoms with van der Waals surface area (Å²) in [4.78, 5) is 11.0. The molecule has 1 aromatic carbocycles. The van der Waals surface area contributed by atoms with Gasteiger partial charge in [-0.15, -0.1) is 0 Å². The van der Waals surface area contributed by atoms with Crippen LogP contribution in [-0.2, 0) is 4.79 Å². The fraction of sp³-hybridized carbons (Fsp3) is 0.533. The van der Waals surface area contributed by atoms with E-state index in [-0.39, 0.29) is 12.3 Å². The zero-order valence-electron chi connectivity index (χ0n) is 11.2. The summed E-state index contributed by atoms with van der Waals surface area (Å²) >= 11 is 0. The minimum Gasteiger partial charge on any atom is -0.496 e. The average molecular weight is 266 g/mol. The monoisotopic (exact) mass is 266 g/mol. The molecule has 0 radical (unpaired) electrons. The highest BCUT2D eigenvalue weighted by Crippen LogP contribution is 2.47. The summed E-state index contributed by atoms with van der Waals surface area (Å²) in [6, 6.07) is 5.19. The zero-order chi connectivity index (χ0) is 14.0. The number of ether oxygens (including phenoxy) is 1. The van der Waals surface area contributed by atoms with Gasteiger partial charge in [0, 0.05) is 5.92 Å². The molecule has 2 atom stereocenters. The topological polar surface area (TPSA) is 46.5 Å². The standard InChI is InChI=1S/C15H19FO3/c1-9(16)11-5-6-14(19-2)13(7-11)12(8-15(17)18)10-3-4-10/h5-7,9-10,12H,3-4,8H2,1-2H3,(H,17,18). The van der Waals surface area contributed by atoms with E-state index in [2.05, 4.69) is 0 Å². The molecule has 19 heavy (non-hydrogen) atoms. The molecule has 0 aromatic heterocycles. The van der Waals surface area contributed by atoms with Gasteiger partial charge in [0.1, 0.15) is 11.9 Å². The first-order valence-corrected chi connectivity index (χ1v) is 6.56. The molecule has 1 N–H and O–H groups in total. The van der Waals surface area contributed by atoms with Crippen LogP contribution in [0.3, 0.4) is 0 Å². The number of carbonyl (C=O) groups is 1. The van der Waals surface area contributed by atoms with Crippen LogP contribution in [0.4, 0.5) is 4.39 Å². The first kappa shape index (κ1) is 13.8. The van der Waals surface area contributed by atoms with Crippen molar-refractivity contribution in [2.24, 2.45) is 5.92 Å². The van der Waals surface area contributed by atoms with Crippen LogP contribution in [0.2, 0.25) is 0 Å². The molecule has 3 nitrogen and oxygen atoms in total. The summed E-state index contributed by atoms with van der Waals surface area (Å²) in [5, 5.41) is 9.05. The predicted octanol–water partition coefficient (Wildman–Crippen LogP) is 3.69. The molecule has 1 fully saturated rings. The minimum atomic E-state index is -1.06. The normalized spacial score (nSPS) is 17.8. The van der Waals surface area contributed by atoms with Crippen molar-refractivity contribution in [3.05, 3.63) is 29.3 Å². The van der Waals surface area contributed by atoms with Gasteiger partial charge in [0.05, 0.1) is 13.5 Å². The molecule has 1 aliphatic carbocycles. The number of halogens is 1. The number of hydrogen-bond donors (Lipinski definition) is 1. The van der Waals surface area contributed by atoms with Crippen LogP contribution in [-0.4, -0.2) is 18.2 Å². The van der Waals surface area contributed by atoms with Crippen molar-refractivity contribution >= 4 is 5.97 Å². The van der Waals surface area contributed by atoms with Gasteiger partial charge in [-0.25, -0.2) is 4.39 Å². The molecule has 4 heteroatoms. The highest BCUT2D eigenvalue weighted by Gasteiger charge is 2.35. The maximum Gasteiger partial charge on any atom is 0.303 e. The molecule has 1 aliphatic rings. The van der Waals surface area contributed by atoms with E-state index in [1.165, 1.54) is 6.92 Å². The average Bonchev–Trinajstić information content (AvgIpc) is 3.19. The van der Waals surface area contributed by atoms with E-state index in [0.717, 1.165) is 18.4 Å². The Morgan fingerprint density at radius 2 is 2.21 bits per heavy atom. The summed E-state index contributed by atoms with van der Waals surface area (Å²) in [5.41, 5.74) is 1.40. The minimum absolute atomic E-state index is 0.0746. The highest BCUT2D eigenvalue weighted by atomic mass is 19.1. The molecule has 0 bridgehead atoms. The van der Waals surface area contributed by atoms with Crippen LogP contribution in [0.5, 0.6) is 5.75 Å². The Kier molecular flexibility index (Phi) is 4.08. The second-order valence-electron chi connectivity index (χ2n) is 5.16. The van der Waals surface area contributed by atoms with Gasteiger partial charge in [-0.05, 0) is 48.9 Å². The van der Waals surface area contributed by atoms with Crippen molar-refractivity contribution < 1.29 is 19.0 Å². The molecule has 0 aliphatic heterocycles. The van der Waals surface area contributed by atoms with Crippen LogP contribution in [0.15, 0.2) is 18.2 Å². The number of methoxy groups -OCH3 is 1. The smallest absolute Gasteiger partial charge is 0.303 e. The van der Waals surface area contributed by atoms with E-state index in [4.69, 9.17) is 9.84 Å². The van der Waals surface area contributed by atoms with Crippen LogP contribution >= 0.6 is 0 Å². The number of carboxylic acid groups (broad SMARTS) is 1. The quantitative estimate of drug-likeness (QED) is 0.854. The van der Waals surface area contributed by atoms with E-state index in [1.807, 2.05) is 0 Å². The lowest BCUT2D eigenvalue weighted by Gasteiger charge is -2.19. The number of rotatable bonds is 6. The Hall–Kier alpha value is -1.58. The first-order valence-electron chi connectivity index (χ1n) is 6.56. The van der Waals surface area contributed by atoms with Gasteiger partial charge in [-0.3, -0.25) is 4.79 Å². The summed E-state index contributed by atoms with van der Waals surface area (Å²) in [6.45, 7) is 1.48. The van der Waals surface area contributed by atoms with Crippen molar-refractivity contribution in [2.45, 2.75) is 38.3 Å². The summed E-state index contributed by atoms with van der Waals surface area (Å²) < 4.78 is 18.7. The third-order valence-corrected chi connectivity index (χ3v) is 3.70. The maximum atomic E-state index is 13.4. The Balaban J connectivity index is 2.37. The number of aliphatic carboxylic acids is 1. The lowest BCUT2D eigenvalue weighted by atomic mass is 9.88. The fourth-order valence-electron chi connectivity index (χ4n) is 2.51. The van der Waals surface area contributed by atoms with Crippen molar-refractivity contribution in [3.63, 3.8) is 0 Å². The molecule has 0 spiro atoms. The van der Waals surface area contributed by atoms with Crippen molar-refractivity contribution in [1.82, 2.24) is 0 Å². The SMILES string of the molecule is COc1ccc(C(C)F)cc1C(CC(=O)O)C1CC1. The molecule has 104 valence electrons. The van der Waals surface area contributed by atoms with Gasteiger partial charge < -0.3 is 9.84 Å². The second kappa shape index (κ2) is 5.59. The Bertz CT molecular complexity index is 466. The van der Waals surface area contributed by atoms with Gasteiger partial charge in [0.2, 0.25) is 0 Å². The molecule has 0 amide bonds. The molecular weight excluding hydrogens is 247 g/mol. The van der Waals surface area contributed by atoms with E-state index < -0.39 is 12.1 Å². The fourth-order valence-corrected chi connectivity index (χ4v) is 2.51. The van der Waals surface area contributed by atoms with Gasteiger partial charge in [0.25, 0.3) is 0 Å². The van der Waals surface area contributed by atoms with E-state index in [1.54, 1.807) is 25.3 Å². The number of benzene rings is 1. The van der Waals surface area contributed by atoms with E-state index in [9.17, 15) is 9.18 Å². The van der Waals surface area contributed by atoms with E-state index >= 15 is 0 Å². The Morgan fingerprint density at radius 1 is 1.53 bits per heavy atom. The van der Waals surface area contributed by atoms with Gasteiger partial charge in [-0.1, -0.05) is 6.07 Å². The third-order valence-electron chi connectivity index (χ3n) is 3.70. The third kappa shape index (κ3) is 3.25. The summed E-state index contributed by atoms with van der Waals surface area (Å²) in [7, 11) is 1.56. The van der Waals surface area contributed by atoms with Crippen LogP contribution in [0.25, 0.3) is 0 Å². The van der Waals surface area contributed by atoms with Crippen molar-refractivity contribution in [2.75, 3.05) is 7.11 Å². The lowest BCUT2D eigenvalue weighted by molar-refractivity contribution is -0.137. The van der Waals surface area contributed by atoms with E-state index in [0.29, 0.717) is 17.2 Å². The van der Waals surface area contributed by atoms with Crippen molar-refractivity contribution in [1.29, 1.82) is 0 Å². The predicted molar refractivity (Wildman–Crippen MR) is 70.2 cm³/mol. The van der Waals surface area contributed by atoms with Gasteiger partial charge in [-0.2, -0.15) is 0 Å². The molecule has 1 aromatic rings. The van der Waals surface area contributed by atoms with Crippen LogP contribution < -0.4 is 4.74 Å². The first-order chi connectivity index (χ1) is 9.02. The molecule has 2 rings (SSSR count). The number of alkyl halides is 1. The van der Waals surface area contributed by atoms with Crippen molar-refractivity contribution in [3.8, 4) is 5.75 Å². The Labute approximate surface area is 112 Å². The zero-order valence-corrected chi connectivity index (χ0v) is 11.2. The number of hydrogen-bond acceptors (Lipinski definition) is 2. The van der Waals surface area contributed by atoms with Crippen LogP contribution in [0.1, 0.15) is 49.4 Å². The maximum absolute atomic E-state index is 13.4. The summed E-state index contributed by atoms with van der Waals surface area (Å²) in [5.74, 6) is 0.140. The summed E-state index contributed by atoms with van der Waals surface area (Å²) in [6.07, 6.45) is 1.09. The number of carboxylic acids is 1. The highest BCUT2D eigenvalue weighted by molar-refractivity contribution is 5.68. The lowest BCUT2D eigenvalue weighted by Crippen LogP contribution is -2.10. The second-order valence-corrected chi connectivity index (χ2v) is 5.16. The Morgan fingerprint density at radius 3 is 2.68 bits per heavy atom. The largest absolute Gasteiger partial charge is 0.496 e. The molecule has 1 saturated carbocycles. The van der Waals surface area contributed by atoms with Gasteiger partial charge in [0.15, 0.2) is 0 Å². The van der Waals surface area contributed by atoms with Crippen LogP contribution in [0, 0.1) is 5.92 Å². The molecule has 0 saturated heterocycles.